The van der Waals surface area contributed by atoms with Gasteiger partial charge in [-0.15, -0.1) is 0 Å². The fourth-order valence-corrected chi connectivity index (χ4v) is 21.4. The second-order valence-electron chi connectivity index (χ2n) is 24.0. The zero-order valence-corrected chi connectivity index (χ0v) is 65.3. The van der Waals surface area contributed by atoms with Crippen LogP contribution in [0.2, 0.25) is 0 Å². The summed E-state index contributed by atoms with van der Waals surface area (Å²) < 4.78 is 1.01. The van der Waals surface area contributed by atoms with E-state index in [2.05, 4.69) is 397 Å². The van der Waals surface area contributed by atoms with Gasteiger partial charge in [-0.1, -0.05) is 370 Å². The predicted octanol–water partition coefficient (Wildman–Crippen LogP) is 17.9. The van der Waals surface area contributed by atoms with Gasteiger partial charge < -0.3 is 10.6 Å². The SMILES string of the molecule is Cc1ccc2c(c1)NC(=O)CCC2=O.O=C1CCC(=O)c2ccc(I)cc2N1.[Pd].c1ccc(P(c2ccccc2)c2ccccc2)cc1.c1ccc(P(c2ccccc2)c2ccccc2)cc1.c1ccc(P(c2ccccc2)c2ccccc2)cc1.c1ccc(P(c2ccccc2)c2ccccc2)cc1. The molecule has 0 fully saturated rings. The van der Waals surface area contributed by atoms with Crippen LogP contribution >= 0.6 is 54.3 Å². The number of fused-ring (bicyclic) bond motifs is 2. The Hall–Kier alpha value is -9.53. The van der Waals surface area contributed by atoms with Gasteiger partial charge in [0.25, 0.3) is 0 Å². The van der Waals surface area contributed by atoms with E-state index in [4.69, 9.17) is 0 Å². The zero-order valence-electron chi connectivity index (χ0n) is 58.0. The van der Waals surface area contributed by atoms with Gasteiger partial charge >= 0.3 is 0 Å². The Kier molecular flexibility index (Phi) is 31.1. The summed E-state index contributed by atoms with van der Waals surface area (Å²) in [5, 5.41) is 22.2. The Labute approximate surface area is 650 Å². The minimum absolute atomic E-state index is 0. The number of nitrogens with one attached hydrogen (secondary N) is 2. The molecule has 2 N–H and O–H groups in total. The van der Waals surface area contributed by atoms with Crippen LogP contribution in [0.15, 0.2) is 400 Å². The zero-order chi connectivity index (χ0) is 71.9. The molecule has 14 aromatic carbocycles. The average molecular weight is 1650 g/mol. The second kappa shape index (κ2) is 41.8. The summed E-state index contributed by atoms with van der Waals surface area (Å²) in [6, 6.07) is 140. The summed E-state index contributed by atoms with van der Waals surface area (Å²) in [6.45, 7) is 1.93. The van der Waals surface area contributed by atoms with Crippen LogP contribution in [0.4, 0.5) is 11.4 Å². The topological polar surface area (TPSA) is 92.3 Å². The van der Waals surface area contributed by atoms with Crippen LogP contribution in [-0.2, 0) is 30.0 Å². The van der Waals surface area contributed by atoms with E-state index in [0.29, 0.717) is 35.3 Å². The Morgan fingerprint density at radius 2 is 0.419 bits per heavy atom. The summed E-state index contributed by atoms with van der Waals surface area (Å²) in [5.41, 5.74) is 3.58. The van der Waals surface area contributed by atoms with E-state index in [1.165, 1.54) is 63.7 Å². The van der Waals surface area contributed by atoms with Crippen LogP contribution in [0.5, 0.6) is 0 Å². The third-order valence-electron chi connectivity index (χ3n) is 16.6. The summed E-state index contributed by atoms with van der Waals surface area (Å²) in [6.07, 6.45) is 1.18. The van der Waals surface area contributed by atoms with Crippen molar-refractivity contribution in [1.82, 2.24) is 0 Å². The summed E-state index contributed by atoms with van der Waals surface area (Å²) in [7, 11) is -1.78. The molecule has 2 heterocycles. The van der Waals surface area contributed by atoms with Crippen LogP contribution in [-0.4, -0.2) is 23.4 Å². The molecule has 2 aliphatic heterocycles. The maximum atomic E-state index is 11.6. The molecule has 2 amide bonds. The van der Waals surface area contributed by atoms with Gasteiger partial charge in [0.2, 0.25) is 11.8 Å². The number of carbonyl (C=O) groups excluding carboxylic acids is 4. The molecule has 0 aliphatic carbocycles. The van der Waals surface area contributed by atoms with E-state index in [0.717, 1.165) is 9.13 Å². The smallest absolute Gasteiger partial charge is 0.224 e. The number of hydrogen-bond acceptors (Lipinski definition) is 4. The molecule has 0 unspecified atom stereocenters. The predicted molar refractivity (Wildman–Crippen MR) is 455 cm³/mol. The molecule has 0 bridgehead atoms. The van der Waals surface area contributed by atoms with Gasteiger partial charge in [0.05, 0.1) is 11.4 Å². The van der Waals surface area contributed by atoms with Crippen LogP contribution in [0.3, 0.4) is 0 Å². The van der Waals surface area contributed by atoms with Gasteiger partial charge in [-0.05, 0) is 161 Å². The molecule has 0 atom stereocenters. The molecule has 0 aromatic heterocycles. The number of benzene rings is 14. The van der Waals surface area contributed by atoms with Gasteiger partial charge in [-0.3, -0.25) is 19.2 Å². The number of anilines is 2. The molecule has 105 heavy (non-hydrogen) atoms. The molecule has 0 spiro atoms. The van der Waals surface area contributed by atoms with Crippen LogP contribution < -0.4 is 74.3 Å². The maximum absolute atomic E-state index is 11.6. The molecule has 0 saturated carbocycles. The molecule has 16 rings (SSSR count). The van der Waals surface area contributed by atoms with Gasteiger partial charge in [-0.25, -0.2) is 0 Å². The first-order valence-corrected chi connectivity index (χ1v) is 41.0. The number of hydrogen-bond donors (Lipinski definition) is 2. The van der Waals surface area contributed by atoms with Crippen molar-refractivity contribution in [2.45, 2.75) is 32.6 Å². The van der Waals surface area contributed by atoms with Crippen molar-refractivity contribution in [2.75, 3.05) is 10.6 Å². The van der Waals surface area contributed by atoms with Crippen molar-refractivity contribution in [3.8, 4) is 0 Å². The first-order chi connectivity index (χ1) is 51.1. The van der Waals surface area contributed by atoms with Gasteiger partial charge in [0, 0.05) is 60.8 Å². The van der Waals surface area contributed by atoms with Crippen LogP contribution in [0, 0.1) is 10.5 Å². The van der Waals surface area contributed by atoms with Gasteiger partial charge in [0.1, 0.15) is 0 Å². The third-order valence-corrected chi connectivity index (χ3v) is 27.1. The van der Waals surface area contributed by atoms with E-state index in [9.17, 15) is 19.2 Å². The number of ketones is 2. The molecule has 2 aliphatic rings. The normalized spacial score (nSPS) is 11.9. The Bertz CT molecular complexity index is 4010. The van der Waals surface area contributed by atoms with E-state index < -0.39 is 31.7 Å². The van der Waals surface area contributed by atoms with Gasteiger partial charge in [0.15, 0.2) is 11.6 Å². The van der Waals surface area contributed by atoms with E-state index in [1.54, 1.807) is 12.1 Å². The van der Waals surface area contributed by atoms with Gasteiger partial charge in [-0.2, -0.15) is 0 Å². The fraction of sp³-hybridized carbons (Fsp3) is 0.0538. The quantitative estimate of drug-likeness (QED) is 0.0724. The van der Waals surface area contributed by atoms with Crippen molar-refractivity contribution in [3.05, 3.63) is 421 Å². The van der Waals surface area contributed by atoms with E-state index in [-0.39, 0.29) is 56.6 Å². The first-order valence-electron chi connectivity index (χ1n) is 34.5. The second-order valence-corrected chi connectivity index (χ2v) is 34.2. The maximum Gasteiger partial charge on any atom is 0.224 e. The fourth-order valence-electron chi connectivity index (χ4n) is 11.7. The van der Waals surface area contributed by atoms with Crippen molar-refractivity contribution >= 4 is 153 Å². The minimum Gasteiger partial charge on any atom is -0.325 e. The molecular formula is C93H79IN2O4P4Pd. The first kappa shape index (κ1) is 78.1. The number of rotatable bonds is 12. The Morgan fingerprint density at radius 1 is 0.238 bits per heavy atom. The summed E-state index contributed by atoms with van der Waals surface area (Å²) >= 11 is 2.15. The average Bonchev–Trinajstić information content (AvgIpc) is 1.73. The van der Waals surface area contributed by atoms with Crippen molar-refractivity contribution in [1.29, 1.82) is 0 Å². The number of carbonyl (C=O) groups is 4. The summed E-state index contributed by atoms with van der Waals surface area (Å²) in [5.74, 6) is -0.0881. The van der Waals surface area contributed by atoms with Crippen LogP contribution in [0.25, 0.3) is 0 Å². The summed E-state index contributed by atoms with van der Waals surface area (Å²) in [4.78, 5) is 45.6. The largest absolute Gasteiger partial charge is 0.325 e. The number of aryl methyl sites for hydroxylation is 1. The Balaban J connectivity index is 0.000000135. The molecule has 0 radical (unpaired) electrons. The van der Waals surface area contributed by atoms with Crippen molar-refractivity contribution in [2.24, 2.45) is 0 Å². The van der Waals surface area contributed by atoms with E-state index >= 15 is 0 Å². The monoisotopic (exact) mass is 1640 g/mol. The standard InChI is InChI=1S/4C18H15P.C11H11NO2.C10H8INO2.Pd/c4*1-4-10-16(11-5-1)19(17-12-6-2-7-13-17)18-14-8-3-9-15-18;1-7-2-3-8-9(6-7)12-11(14)5-4-10(8)13;11-6-1-2-7-8(5-6)12-10(14)4-3-9(7)13;/h4*1-15H;2-3,6H,4-5H2,1H3,(H,12,14);1-2,5H,3-4H2,(H,12,14);. The molecule has 14 aromatic rings. The number of Topliss-reactive ketones (excluding diaryl/α,β-unsaturated/α-hetero) is 2. The molecule has 6 nitrogen and oxygen atoms in total. The number of halogens is 1. The van der Waals surface area contributed by atoms with Crippen molar-refractivity contribution < 1.29 is 39.6 Å². The molecule has 12 heteroatoms. The molecule has 0 saturated heterocycles. The van der Waals surface area contributed by atoms with Crippen molar-refractivity contribution in [3.63, 3.8) is 0 Å². The van der Waals surface area contributed by atoms with Crippen LogP contribution in [0.1, 0.15) is 52.0 Å². The molecule has 522 valence electrons. The van der Waals surface area contributed by atoms with E-state index in [1.807, 2.05) is 31.2 Å². The third kappa shape index (κ3) is 23.2. The molecular weight excluding hydrogens is 1570 g/mol. The minimum atomic E-state index is -0.446. The number of amides is 2. The Morgan fingerprint density at radius 3 is 0.619 bits per heavy atom.